The molecular weight excluding hydrogens is 426 g/mol. The smallest absolute Gasteiger partial charge is 0.324 e. The fourth-order valence-corrected chi connectivity index (χ4v) is 4.43. The predicted molar refractivity (Wildman–Crippen MR) is 105 cm³/mol. The van der Waals surface area contributed by atoms with Crippen LogP contribution in [-0.2, 0) is 14.4 Å². The van der Waals surface area contributed by atoms with Gasteiger partial charge in [0.1, 0.15) is 17.4 Å². The van der Waals surface area contributed by atoms with Crippen LogP contribution >= 0.6 is 15.9 Å². The molecule has 2 aromatic carbocycles. The summed E-state index contributed by atoms with van der Waals surface area (Å²) in [6.07, 6.45) is 0.499. The van der Waals surface area contributed by atoms with Crippen LogP contribution < -0.4 is 14.4 Å². The number of hydrogen-bond acceptors (Lipinski definition) is 5. The molecule has 2 amide bonds. The van der Waals surface area contributed by atoms with E-state index in [1.54, 1.807) is 36.4 Å². The van der Waals surface area contributed by atoms with Gasteiger partial charge < -0.3 is 9.47 Å². The summed E-state index contributed by atoms with van der Waals surface area (Å²) in [4.78, 5) is 40.4. The van der Waals surface area contributed by atoms with E-state index in [4.69, 9.17) is 9.47 Å². The van der Waals surface area contributed by atoms with Crippen molar-refractivity contribution in [2.45, 2.75) is 19.3 Å². The van der Waals surface area contributed by atoms with Gasteiger partial charge in [-0.1, -0.05) is 22.9 Å². The molecule has 0 aliphatic carbocycles. The number of anilines is 1. The number of carbonyl (C=O) groups excluding carboxylic acids is 3. The number of esters is 1. The second kappa shape index (κ2) is 7.05. The summed E-state index contributed by atoms with van der Waals surface area (Å²) in [5, 5.41) is 0. The predicted octanol–water partition coefficient (Wildman–Crippen LogP) is 3.68. The largest absolute Gasteiger partial charge is 0.497 e. The van der Waals surface area contributed by atoms with E-state index >= 15 is 0 Å². The number of hydrogen-bond donors (Lipinski definition) is 0. The molecule has 0 spiro atoms. The van der Waals surface area contributed by atoms with Crippen LogP contribution in [0.5, 0.6) is 11.5 Å². The van der Waals surface area contributed by atoms with E-state index in [2.05, 4.69) is 15.9 Å². The standard InChI is InChI=1S/C21H18BrNO5/c1-3-14-17-15-10-11(22)4-9-16(15)28-21(26)18(17)20(25)23(19(14)24)12-5-7-13(27-2)8-6-12/h4-10,14,17-18H,3H2,1-2H3/t14-,17+,18-/m0/s1. The fraction of sp³-hybridized carbons (Fsp3) is 0.286. The number of ether oxygens (including phenoxy) is 2. The lowest BCUT2D eigenvalue weighted by molar-refractivity contribution is -0.151. The van der Waals surface area contributed by atoms with Crippen LogP contribution in [0, 0.1) is 11.8 Å². The number of nitrogens with zero attached hydrogens (tertiary/aromatic N) is 1. The second-order valence-corrected chi connectivity index (χ2v) is 7.75. The lowest BCUT2D eigenvalue weighted by Crippen LogP contribution is -2.57. The van der Waals surface area contributed by atoms with E-state index < -0.39 is 29.6 Å². The fourth-order valence-electron chi connectivity index (χ4n) is 4.06. The first-order valence-corrected chi connectivity index (χ1v) is 9.78. The van der Waals surface area contributed by atoms with Gasteiger partial charge in [0.05, 0.1) is 12.8 Å². The molecule has 7 heteroatoms. The second-order valence-electron chi connectivity index (χ2n) is 6.83. The van der Waals surface area contributed by atoms with Crippen molar-refractivity contribution < 1.29 is 23.9 Å². The van der Waals surface area contributed by atoms with Gasteiger partial charge in [0.15, 0.2) is 0 Å². The molecule has 0 aromatic heterocycles. The van der Waals surface area contributed by atoms with E-state index in [1.807, 2.05) is 13.0 Å². The molecular formula is C21H18BrNO5. The number of imide groups is 1. The van der Waals surface area contributed by atoms with Crippen LogP contribution in [0.3, 0.4) is 0 Å². The molecule has 1 saturated heterocycles. The van der Waals surface area contributed by atoms with Crippen molar-refractivity contribution in [1.82, 2.24) is 0 Å². The first-order chi connectivity index (χ1) is 13.5. The summed E-state index contributed by atoms with van der Waals surface area (Å²) >= 11 is 3.42. The summed E-state index contributed by atoms with van der Waals surface area (Å²) in [5.41, 5.74) is 1.13. The number of methoxy groups -OCH3 is 1. The highest BCUT2D eigenvalue weighted by Crippen LogP contribution is 2.48. The number of piperidine rings is 1. The van der Waals surface area contributed by atoms with Crippen molar-refractivity contribution in [3.05, 3.63) is 52.5 Å². The molecule has 0 saturated carbocycles. The molecule has 6 nitrogen and oxygen atoms in total. The Bertz CT molecular complexity index is 971. The summed E-state index contributed by atoms with van der Waals surface area (Å²) in [5.74, 6) is -2.55. The minimum atomic E-state index is -1.05. The Kier molecular flexibility index (Phi) is 4.71. The van der Waals surface area contributed by atoms with Crippen molar-refractivity contribution in [2.24, 2.45) is 11.8 Å². The Morgan fingerprint density at radius 1 is 1.07 bits per heavy atom. The summed E-state index contributed by atoms with van der Waals surface area (Å²) in [6, 6.07) is 11.9. The SMILES string of the molecule is CC[C@@H]1C(=O)N(c2ccc(OC)cc2)C(=O)[C@H]2C(=O)Oc3ccc(Br)cc3[C@H]21. The highest BCUT2D eigenvalue weighted by Gasteiger charge is 2.55. The topological polar surface area (TPSA) is 72.9 Å². The summed E-state index contributed by atoms with van der Waals surface area (Å²) < 4.78 is 11.4. The van der Waals surface area contributed by atoms with Gasteiger partial charge in [-0.25, -0.2) is 4.90 Å². The number of fused-ring (bicyclic) bond motifs is 3. The van der Waals surface area contributed by atoms with Gasteiger partial charge in [0.25, 0.3) is 0 Å². The van der Waals surface area contributed by atoms with Crippen LogP contribution in [0.15, 0.2) is 46.9 Å². The molecule has 28 heavy (non-hydrogen) atoms. The monoisotopic (exact) mass is 443 g/mol. The average Bonchev–Trinajstić information content (AvgIpc) is 2.69. The summed E-state index contributed by atoms with van der Waals surface area (Å²) in [6.45, 7) is 1.89. The summed E-state index contributed by atoms with van der Waals surface area (Å²) in [7, 11) is 1.54. The van der Waals surface area contributed by atoms with Crippen LogP contribution in [0.1, 0.15) is 24.8 Å². The maximum Gasteiger partial charge on any atom is 0.324 e. The van der Waals surface area contributed by atoms with Crippen molar-refractivity contribution >= 4 is 39.4 Å². The molecule has 2 aromatic rings. The van der Waals surface area contributed by atoms with Gasteiger partial charge in [-0.3, -0.25) is 14.4 Å². The maximum atomic E-state index is 13.3. The molecule has 4 rings (SSSR count). The minimum Gasteiger partial charge on any atom is -0.497 e. The lowest BCUT2D eigenvalue weighted by atomic mass is 9.70. The quantitative estimate of drug-likeness (QED) is 0.313. The van der Waals surface area contributed by atoms with Crippen LogP contribution in [-0.4, -0.2) is 24.9 Å². The van der Waals surface area contributed by atoms with E-state index in [9.17, 15) is 14.4 Å². The van der Waals surface area contributed by atoms with Crippen molar-refractivity contribution in [2.75, 3.05) is 12.0 Å². The number of amides is 2. The lowest BCUT2D eigenvalue weighted by Gasteiger charge is -2.43. The average molecular weight is 444 g/mol. The molecule has 2 heterocycles. The molecule has 3 atom stereocenters. The number of halogens is 1. The molecule has 0 N–H and O–H groups in total. The van der Waals surface area contributed by atoms with Crippen molar-refractivity contribution in [3.63, 3.8) is 0 Å². The molecule has 2 aliphatic heterocycles. The minimum absolute atomic E-state index is 0.306. The van der Waals surface area contributed by atoms with Crippen LogP contribution in [0.2, 0.25) is 0 Å². The number of rotatable bonds is 3. The Hall–Kier alpha value is -2.67. The first-order valence-electron chi connectivity index (χ1n) is 8.99. The number of carbonyl (C=O) groups is 3. The Labute approximate surface area is 170 Å². The van der Waals surface area contributed by atoms with Gasteiger partial charge >= 0.3 is 5.97 Å². The number of benzene rings is 2. The van der Waals surface area contributed by atoms with Crippen molar-refractivity contribution in [1.29, 1.82) is 0 Å². The molecule has 0 radical (unpaired) electrons. The van der Waals surface area contributed by atoms with E-state index in [0.717, 1.165) is 9.37 Å². The molecule has 144 valence electrons. The molecule has 1 fully saturated rings. The third-order valence-electron chi connectivity index (χ3n) is 5.38. The maximum absolute atomic E-state index is 13.3. The van der Waals surface area contributed by atoms with Gasteiger partial charge in [0, 0.05) is 21.9 Å². The van der Waals surface area contributed by atoms with E-state index in [0.29, 0.717) is 29.2 Å². The Morgan fingerprint density at radius 3 is 2.43 bits per heavy atom. The van der Waals surface area contributed by atoms with E-state index in [1.165, 1.54) is 7.11 Å². The first kappa shape index (κ1) is 18.7. The third kappa shape index (κ3) is 2.81. The van der Waals surface area contributed by atoms with Crippen LogP contribution in [0.4, 0.5) is 5.69 Å². The zero-order valence-electron chi connectivity index (χ0n) is 15.3. The zero-order chi connectivity index (χ0) is 20.0. The Morgan fingerprint density at radius 2 is 1.79 bits per heavy atom. The van der Waals surface area contributed by atoms with E-state index in [-0.39, 0.29) is 5.91 Å². The normalized spacial score (nSPS) is 23.8. The van der Waals surface area contributed by atoms with Gasteiger partial charge in [0.2, 0.25) is 11.8 Å². The zero-order valence-corrected chi connectivity index (χ0v) is 16.9. The highest BCUT2D eigenvalue weighted by molar-refractivity contribution is 9.10. The molecule has 2 aliphatic rings. The highest BCUT2D eigenvalue weighted by atomic mass is 79.9. The van der Waals surface area contributed by atoms with Gasteiger partial charge in [-0.05, 0) is 48.9 Å². The molecule has 0 unspecified atom stereocenters. The van der Waals surface area contributed by atoms with Gasteiger partial charge in [-0.2, -0.15) is 0 Å². The molecule has 0 bridgehead atoms. The van der Waals surface area contributed by atoms with Crippen molar-refractivity contribution in [3.8, 4) is 11.5 Å². The van der Waals surface area contributed by atoms with Crippen LogP contribution in [0.25, 0.3) is 0 Å². The van der Waals surface area contributed by atoms with Gasteiger partial charge in [-0.15, -0.1) is 0 Å². The Balaban J connectivity index is 1.82. The third-order valence-corrected chi connectivity index (χ3v) is 5.88.